The first kappa shape index (κ1) is 24.0. The molecule has 0 aliphatic heterocycles. The Kier molecular flexibility index (Phi) is 9.01. The summed E-state index contributed by atoms with van der Waals surface area (Å²) in [6.07, 6.45) is 0.739. The molecule has 0 amide bonds. The van der Waals surface area contributed by atoms with Crippen molar-refractivity contribution in [3.05, 3.63) is 23.8 Å². The zero-order chi connectivity index (χ0) is 21.4. The van der Waals surface area contributed by atoms with E-state index in [1.165, 1.54) is 0 Å². The summed E-state index contributed by atoms with van der Waals surface area (Å²) in [5.41, 5.74) is 0.328. The maximum atomic E-state index is 12.4. The first-order valence-corrected chi connectivity index (χ1v) is 12.7. The van der Waals surface area contributed by atoms with Crippen LogP contribution in [0, 0.1) is 0 Å². The molecule has 6 nitrogen and oxygen atoms in total. The summed E-state index contributed by atoms with van der Waals surface area (Å²) in [6.45, 7) is 15.1. The lowest BCUT2D eigenvalue weighted by Gasteiger charge is -2.37. The highest BCUT2D eigenvalue weighted by Gasteiger charge is 2.40. The van der Waals surface area contributed by atoms with Crippen LogP contribution in [0.5, 0.6) is 11.5 Å². The van der Waals surface area contributed by atoms with Gasteiger partial charge < -0.3 is 18.6 Å². The fraction of sp³-hybridized carbons (Fsp3) is 0.619. The largest absolute Gasteiger partial charge is 0.541 e. The molecule has 0 aliphatic carbocycles. The number of para-hydroxylation sites is 1. The number of carbonyl (C=O) groups is 2. The molecular formula is C21H34O6Si. The van der Waals surface area contributed by atoms with Gasteiger partial charge in [-0.1, -0.05) is 26.8 Å². The van der Waals surface area contributed by atoms with Crippen LogP contribution in [0.1, 0.15) is 57.8 Å². The molecule has 1 aromatic rings. The highest BCUT2D eigenvalue weighted by molar-refractivity contribution is 6.74. The molecule has 0 atom stereocenters. The summed E-state index contributed by atoms with van der Waals surface area (Å²) in [7, 11) is -2.14. The number of hydrogen-bond donors (Lipinski definition) is 0. The zero-order valence-corrected chi connectivity index (χ0v) is 19.2. The predicted molar refractivity (Wildman–Crippen MR) is 112 cm³/mol. The van der Waals surface area contributed by atoms with Crippen molar-refractivity contribution in [3.8, 4) is 11.5 Å². The van der Waals surface area contributed by atoms with Crippen molar-refractivity contribution in [3.63, 3.8) is 0 Å². The normalized spacial score (nSPS) is 11.7. The van der Waals surface area contributed by atoms with Gasteiger partial charge in [-0.2, -0.15) is 0 Å². The molecule has 0 saturated carbocycles. The summed E-state index contributed by atoms with van der Waals surface area (Å²) in [4.78, 5) is 23.9. The van der Waals surface area contributed by atoms with Gasteiger partial charge in [0.15, 0.2) is 5.75 Å². The van der Waals surface area contributed by atoms with Crippen LogP contribution in [0.25, 0.3) is 0 Å². The van der Waals surface area contributed by atoms with Gasteiger partial charge in [0.05, 0.1) is 19.8 Å². The second-order valence-corrected chi connectivity index (χ2v) is 12.7. The van der Waals surface area contributed by atoms with Gasteiger partial charge in [-0.05, 0) is 50.5 Å². The van der Waals surface area contributed by atoms with Crippen molar-refractivity contribution in [2.24, 2.45) is 0 Å². The van der Waals surface area contributed by atoms with Gasteiger partial charge in [0.25, 0.3) is 8.32 Å². The van der Waals surface area contributed by atoms with Crippen LogP contribution < -0.4 is 9.16 Å². The second-order valence-electron chi connectivity index (χ2n) is 7.97. The van der Waals surface area contributed by atoms with E-state index in [-0.39, 0.29) is 30.6 Å². The van der Waals surface area contributed by atoms with E-state index in [1.54, 1.807) is 26.0 Å². The number of ether oxygens (including phenoxy) is 3. The number of benzene rings is 1. The molecule has 158 valence electrons. The van der Waals surface area contributed by atoms with E-state index < -0.39 is 14.3 Å². The van der Waals surface area contributed by atoms with E-state index in [2.05, 4.69) is 33.9 Å². The van der Waals surface area contributed by atoms with Crippen LogP contribution in [0.4, 0.5) is 0 Å². The minimum Gasteiger partial charge on any atom is -0.541 e. The Balaban J connectivity index is 3.06. The highest BCUT2D eigenvalue weighted by atomic mass is 28.4. The Hall–Kier alpha value is -2.02. The van der Waals surface area contributed by atoms with E-state index in [1.807, 2.05) is 6.07 Å². The lowest BCUT2D eigenvalue weighted by Crippen LogP contribution is -2.44. The van der Waals surface area contributed by atoms with Crippen LogP contribution in [0.2, 0.25) is 18.1 Å². The fourth-order valence-electron chi connectivity index (χ4n) is 2.17. The monoisotopic (exact) mass is 410 g/mol. The first-order valence-electron chi connectivity index (χ1n) is 9.81. The molecule has 1 aromatic carbocycles. The van der Waals surface area contributed by atoms with Gasteiger partial charge >= 0.3 is 11.9 Å². The molecule has 0 aromatic heterocycles. The van der Waals surface area contributed by atoms with Gasteiger partial charge in [0, 0.05) is 6.42 Å². The SMILES string of the molecule is CCOC(=O)CCCOc1c(O[Si](C)(C)C(C)(C)C)cccc1C(=O)OCC. The van der Waals surface area contributed by atoms with Crippen LogP contribution >= 0.6 is 0 Å². The summed E-state index contributed by atoms with van der Waals surface area (Å²) < 4.78 is 22.4. The molecule has 7 heteroatoms. The van der Waals surface area contributed by atoms with Crippen molar-refractivity contribution in [1.29, 1.82) is 0 Å². The smallest absolute Gasteiger partial charge is 0.342 e. The number of esters is 2. The number of hydrogen-bond acceptors (Lipinski definition) is 6. The van der Waals surface area contributed by atoms with Crippen LogP contribution in [0.3, 0.4) is 0 Å². The number of rotatable bonds is 10. The average Bonchev–Trinajstić information content (AvgIpc) is 2.58. The van der Waals surface area contributed by atoms with Crippen LogP contribution in [-0.2, 0) is 14.3 Å². The quantitative estimate of drug-likeness (QED) is 0.308. The Morgan fingerprint density at radius 1 is 1.04 bits per heavy atom. The molecule has 0 saturated heterocycles. The first-order chi connectivity index (χ1) is 13.0. The molecule has 0 spiro atoms. The topological polar surface area (TPSA) is 71.1 Å². The molecule has 1 rings (SSSR count). The van der Waals surface area contributed by atoms with E-state index in [4.69, 9.17) is 18.6 Å². The summed E-state index contributed by atoms with van der Waals surface area (Å²) in [6, 6.07) is 5.24. The molecule has 0 unspecified atom stereocenters. The molecule has 0 heterocycles. The Labute approximate surface area is 169 Å². The molecule has 0 aliphatic rings. The third-order valence-corrected chi connectivity index (χ3v) is 9.07. The Morgan fingerprint density at radius 3 is 2.25 bits per heavy atom. The predicted octanol–water partition coefficient (Wildman–Crippen LogP) is 4.97. The van der Waals surface area contributed by atoms with Gasteiger partial charge in [-0.25, -0.2) is 4.79 Å². The van der Waals surface area contributed by atoms with Crippen molar-refractivity contribution < 1.29 is 28.2 Å². The van der Waals surface area contributed by atoms with Gasteiger partial charge in [0.1, 0.15) is 11.3 Å². The van der Waals surface area contributed by atoms with Gasteiger partial charge in [0.2, 0.25) is 0 Å². The van der Waals surface area contributed by atoms with Crippen LogP contribution in [0.15, 0.2) is 18.2 Å². The lowest BCUT2D eigenvalue weighted by molar-refractivity contribution is -0.143. The highest BCUT2D eigenvalue weighted by Crippen LogP contribution is 2.41. The number of carbonyl (C=O) groups excluding carboxylic acids is 2. The van der Waals surface area contributed by atoms with E-state index in [0.717, 1.165) is 0 Å². The van der Waals surface area contributed by atoms with Crippen molar-refractivity contribution in [1.82, 2.24) is 0 Å². The third-order valence-electron chi connectivity index (χ3n) is 4.72. The summed E-state index contributed by atoms with van der Waals surface area (Å²) in [5.74, 6) is 0.189. The molecule has 0 bridgehead atoms. The molecule has 0 radical (unpaired) electrons. The minimum atomic E-state index is -2.14. The van der Waals surface area contributed by atoms with Crippen LogP contribution in [-0.4, -0.2) is 40.1 Å². The van der Waals surface area contributed by atoms with Crippen molar-refractivity contribution in [2.75, 3.05) is 19.8 Å². The van der Waals surface area contributed by atoms with Crippen molar-refractivity contribution in [2.45, 2.75) is 65.6 Å². The van der Waals surface area contributed by atoms with E-state index in [0.29, 0.717) is 30.1 Å². The van der Waals surface area contributed by atoms with Crippen molar-refractivity contribution >= 4 is 20.3 Å². The average molecular weight is 411 g/mol. The maximum Gasteiger partial charge on any atom is 0.342 e. The molecule has 0 N–H and O–H groups in total. The molecule has 0 fully saturated rings. The summed E-state index contributed by atoms with van der Waals surface area (Å²) in [5, 5.41) is -0.00584. The second kappa shape index (κ2) is 10.5. The standard InChI is InChI=1S/C21H34O6Si/c1-8-24-18(22)14-11-15-26-19-16(20(23)25-9-2)12-10-13-17(19)27-28(6,7)21(3,4)5/h10,12-13H,8-9,11,14-15H2,1-7H3. The fourth-order valence-corrected chi connectivity index (χ4v) is 3.18. The van der Waals surface area contributed by atoms with Gasteiger partial charge in [-0.15, -0.1) is 0 Å². The summed E-state index contributed by atoms with van der Waals surface area (Å²) >= 11 is 0. The Morgan fingerprint density at radius 2 is 1.68 bits per heavy atom. The van der Waals surface area contributed by atoms with E-state index in [9.17, 15) is 9.59 Å². The Bertz CT molecular complexity index is 663. The minimum absolute atomic E-state index is 0.00584. The molecule has 28 heavy (non-hydrogen) atoms. The maximum absolute atomic E-state index is 12.4. The van der Waals surface area contributed by atoms with E-state index >= 15 is 0 Å². The zero-order valence-electron chi connectivity index (χ0n) is 18.2. The molecular weight excluding hydrogens is 376 g/mol. The van der Waals surface area contributed by atoms with Gasteiger partial charge in [-0.3, -0.25) is 4.79 Å². The lowest BCUT2D eigenvalue weighted by atomic mass is 10.2. The third kappa shape index (κ3) is 6.85.